The van der Waals surface area contributed by atoms with E-state index in [0.29, 0.717) is 12.8 Å². The van der Waals surface area contributed by atoms with E-state index in [2.05, 4.69) is 0 Å². The Labute approximate surface area is 185 Å². The Morgan fingerprint density at radius 1 is 1.28 bits per heavy atom. The van der Waals surface area contributed by atoms with Crippen LogP contribution in [0, 0.1) is 28.6 Å². The molecular weight excluding hydrogens is 422 g/mol. The van der Waals surface area contributed by atoms with Crippen LogP contribution in [0.1, 0.15) is 47.0 Å². The minimum absolute atomic E-state index is 0.0306. The molecule has 0 amide bonds. The molecule has 0 radical (unpaired) electrons. The van der Waals surface area contributed by atoms with Crippen LogP contribution in [-0.4, -0.2) is 52.7 Å². The summed E-state index contributed by atoms with van der Waals surface area (Å²) in [5.41, 5.74) is -4.78. The lowest BCUT2D eigenvalue weighted by molar-refractivity contribution is -0.171. The predicted octanol–water partition coefficient (Wildman–Crippen LogP) is 2.78. The van der Waals surface area contributed by atoms with E-state index in [1.54, 1.807) is 19.9 Å². The molecule has 5 rings (SSSR count). The van der Waals surface area contributed by atoms with E-state index < -0.39 is 70.2 Å². The molecule has 1 heterocycles. The second-order valence-electron chi connectivity index (χ2n) is 10.7. The number of carbonyl (C=O) groups is 3. The number of hydrogen-bond donors (Lipinski definition) is 1. The second-order valence-corrected chi connectivity index (χ2v) is 10.7. The van der Waals surface area contributed by atoms with E-state index in [1.165, 1.54) is 6.92 Å². The molecule has 0 aromatic rings. The van der Waals surface area contributed by atoms with Crippen molar-refractivity contribution in [1.29, 1.82) is 0 Å². The Morgan fingerprint density at radius 2 is 1.97 bits per heavy atom. The molecule has 3 saturated carbocycles. The minimum Gasteiger partial charge on any atom is -0.458 e. The number of allylic oxidation sites excluding steroid dienone is 2. The fourth-order valence-electron chi connectivity index (χ4n) is 7.94. The first kappa shape index (κ1) is 21.9. The van der Waals surface area contributed by atoms with Crippen LogP contribution in [0.25, 0.3) is 0 Å². The molecule has 1 aliphatic heterocycles. The van der Waals surface area contributed by atoms with Crippen LogP contribution in [-0.2, 0) is 23.9 Å². The van der Waals surface area contributed by atoms with E-state index in [9.17, 15) is 23.9 Å². The van der Waals surface area contributed by atoms with E-state index in [1.807, 2.05) is 6.92 Å². The summed E-state index contributed by atoms with van der Waals surface area (Å²) in [4.78, 5) is 36.3. The molecule has 6 nitrogen and oxygen atoms in total. The van der Waals surface area contributed by atoms with Crippen molar-refractivity contribution in [3.63, 3.8) is 0 Å². The summed E-state index contributed by atoms with van der Waals surface area (Å²) in [6.07, 6.45) is 1.44. The number of epoxide rings is 1. The maximum Gasteiger partial charge on any atom is 0.303 e. The highest BCUT2D eigenvalue weighted by Crippen LogP contribution is 2.76. The van der Waals surface area contributed by atoms with Crippen molar-refractivity contribution in [1.82, 2.24) is 0 Å². The number of rotatable bonds is 3. The first-order valence-corrected chi connectivity index (χ1v) is 11.2. The maximum atomic E-state index is 15.5. The zero-order chi connectivity index (χ0) is 23.4. The molecule has 0 aromatic heterocycles. The molecule has 8 heteroatoms. The minimum atomic E-state index is -1.75. The van der Waals surface area contributed by atoms with Gasteiger partial charge in [0.15, 0.2) is 12.4 Å². The van der Waals surface area contributed by atoms with Crippen LogP contribution >= 0.6 is 0 Å². The quantitative estimate of drug-likeness (QED) is 0.525. The third-order valence-corrected chi connectivity index (χ3v) is 9.41. The Balaban J connectivity index is 1.56. The zero-order valence-electron chi connectivity index (χ0n) is 18.6. The van der Waals surface area contributed by atoms with Crippen molar-refractivity contribution < 1.29 is 37.7 Å². The van der Waals surface area contributed by atoms with Gasteiger partial charge in [-0.15, -0.1) is 0 Å². The van der Waals surface area contributed by atoms with Crippen molar-refractivity contribution in [2.45, 2.75) is 70.4 Å². The van der Waals surface area contributed by atoms with Gasteiger partial charge in [0.05, 0.1) is 6.10 Å². The molecule has 1 unspecified atom stereocenters. The van der Waals surface area contributed by atoms with Gasteiger partial charge < -0.3 is 14.6 Å². The van der Waals surface area contributed by atoms with Crippen LogP contribution in [0.3, 0.4) is 0 Å². The molecule has 1 spiro atoms. The normalized spacial score (nSPS) is 50.8. The van der Waals surface area contributed by atoms with Gasteiger partial charge in [-0.05, 0) is 50.0 Å². The summed E-state index contributed by atoms with van der Waals surface area (Å²) < 4.78 is 41.4. The number of esters is 1. The van der Waals surface area contributed by atoms with Crippen LogP contribution in [0.15, 0.2) is 23.6 Å². The molecule has 9 atom stereocenters. The lowest BCUT2D eigenvalue weighted by atomic mass is 9.46. The molecule has 4 fully saturated rings. The number of halogens is 2. The predicted molar refractivity (Wildman–Crippen MR) is 108 cm³/mol. The Kier molecular flexibility index (Phi) is 4.34. The van der Waals surface area contributed by atoms with Gasteiger partial charge in [-0.1, -0.05) is 19.9 Å². The standard InChI is InChI=1S/C24H28F2O6/c1-11-7-13-14-8-15(25)19-20(26)16(28)5-6-21(19,3)24(14)18(32-24)9-22(13,4)23(11,30)17(29)10-31-12(2)27/h5-6,11,13-15,18,30H,7-10H2,1-4H3/t11-,13-,14-,15-,18?,21-,22-,23-,24-/m0/s1. The molecule has 0 bridgehead atoms. The summed E-state index contributed by atoms with van der Waals surface area (Å²) >= 11 is 0. The molecule has 5 aliphatic rings. The molecule has 32 heavy (non-hydrogen) atoms. The Morgan fingerprint density at radius 3 is 2.62 bits per heavy atom. The topological polar surface area (TPSA) is 93.2 Å². The number of fused-ring (bicyclic) bond motifs is 3. The van der Waals surface area contributed by atoms with Crippen LogP contribution < -0.4 is 0 Å². The molecule has 1 N–H and O–H groups in total. The van der Waals surface area contributed by atoms with Crippen molar-refractivity contribution >= 4 is 17.5 Å². The second kappa shape index (κ2) is 6.35. The fraction of sp³-hybridized carbons (Fsp3) is 0.708. The molecule has 1 saturated heterocycles. The SMILES string of the molecule is CC(=O)OCC(=O)[C@@]1(O)[C@@H](C)C[C@H]2[C@@H]3C[C@H](F)C4=C(F)C(=O)C=C[C@]4(C)[C@]34OC4C[C@@]21C. The van der Waals surface area contributed by atoms with Crippen molar-refractivity contribution in [2.24, 2.45) is 28.6 Å². The van der Waals surface area contributed by atoms with Gasteiger partial charge in [-0.2, -0.15) is 0 Å². The van der Waals surface area contributed by atoms with E-state index >= 15 is 4.39 Å². The number of ketones is 2. The molecular formula is C24H28F2O6. The highest BCUT2D eigenvalue weighted by Gasteiger charge is 2.83. The van der Waals surface area contributed by atoms with Gasteiger partial charge in [0.25, 0.3) is 0 Å². The van der Waals surface area contributed by atoms with E-state index in [4.69, 9.17) is 9.47 Å². The van der Waals surface area contributed by atoms with Crippen LogP contribution in [0.5, 0.6) is 0 Å². The smallest absolute Gasteiger partial charge is 0.303 e. The van der Waals surface area contributed by atoms with E-state index in [0.717, 1.165) is 6.08 Å². The molecule has 174 valence electrons. The number of carbonyl (C=O) groups excluding carboxylic acids is 3. The lowest BCUT2D eigenvalue weighted by Crippen LogP contribution is -2.63. The Bertz CT molecular complexity index is 1000. The lowest BCUT2D eigenvalue weighted by Gasteiger charge is -2.56. The highest BCUT2D eigenvalue weighted by molar-refractivity contribution is 6.04. The van der Waals surface area contributed by atoms with Crippen LogP contribution in [0.2, 0.25) is 0 Å². The van der Waals surface area contributed by atoms with Gasteiger partial charge >= 0.3 is 5.97 Å². The summed E-state index contributed by atoms with van der Waals surface area (Å²) in [6, 6.07) is 0. The van der Waals surface area contributed by atoms with Gasteiger partial charge in [-0.3, -0.25) is 14.4 Å². The number of hydrogen-bond acceptors (Lipinski definition) is 6. The fourth-order valence-corrected chi connectivity index (χ4v) is 7.94. The largest absolute Gasteiger partial charge is 0.458 e. The zero-order valence-corrected chi connectivity index (χ0v) is 18.6. The maximum absolute atomic E-state index is 15.5. The van der Waals surface area contributed by atoms with Crippen LogP contribution in [0.4, 0.5) is 8.78 Å². The Hall–Kier alpha value is -1.93. The number of ether oxygens (including phenoxy) is 2. The summed E-state index contributed by atoms with van der Waals surface area (Å²) in [6.45, 7) is 6.02. The van der Waals surface area contributed by atoms with Gasteiger partial charge in [0.2, 0.25) is 11.6 Å². The summed E-state index contributed by atoms with van der Waals surface area (Å²) in [5.74, 6) is -4.08. The molecule has 0 aromatic carbocycles. The number of Topliss-reactive ketones (excluding diaryl/α,β-unsaturated/α-hetero) is 1. The number of alkyl halides is 1. The first-order chi connectivity index (χ1) is 14.8. The highest BCUT2D eigenvalue weighted by atomic mass is 19.1. The third kappa shape index (κ3) is 2.28. The third-order valence-electron chi connectivity index (χ3n) is 9.41. The first-order valence-electron chi connectivity index (χ1n) is 11.2. The summed E-state index contributed by atoms with van der Waals surface area (Å²) in [7, 11) is 0. The summed E-state index contributed by atoms with van der Waals surface area (Å²) in [5, 5.41) is 11.7. The molecule has 4 aliphatic carbocycles. The monoisotopic (exact) mass is 450 g/mol. The average molecular weight is 450 g/mol. The van der Waals surface area contributed by atoms with Crippen molar-refractivity contribution in [3.8, 4) is 0 Å². The van der Waals surface area contributed by atoms with Gasteiger partial charge in [0, 0.05) is 23.3 Å². The van der Waals surface area contributed by atoms with Gasteiger partial charge in [-0.25, -0.2) is 8.78 Å². The van der Waals surface area contributed by atoms with Crippen molar-refractivity contribution in [2.75, 3.05) is 6.61 Å². The van der Waals surface area contributed by atoms with Gasteiger partial charge in [0.1, 0.15) is 17.4 Å². The van der Waals surface area contributed by atoms with Crippen molar-refractivity contribution in [3.05, 3.63) is 23.6 Å². The average Bonchev–Trinajstić information content (AvgIpc) is 3.40. The van der Waals surface area contributed by atoms with E-state index in [-0.39, 0.29) is 23.8 Å². The number of aliphatic hydroxyl groups is 1.